The van der Waals surface area contributed by atoms with Crippen LogP contribution in [0.15, 0.2) is 0 Å². The van der Waals surface area contributed by atoms with Crippen molar-refractivity contribution in [2.75, 3.05) is 39.6 Å². The summed E-state index contributed by atoms with van der Waals surface area (Å²) < 4.78 is 20.5. The van der Waals surface area contributed by atoms with E-state index >= 15 is 0 Å². The molecule has 2 atom stereocenters. The van der Waals surface area contributed by atoms with Crippen LogP contribution < -0.4 is 0 Å². The van der Waals surface area contributed by atoms with Crippen LogP contribution in [0.3, 0.4) is 0 Å². The van der Waals surface area contributed by atoms with E-state index in [-0.39, 0.29) is 51.4 Å². The molecular weight excluding hydrogens is 199 g/mol. The molecule has 2 aliphatic heterocycles. The smallest absolute Gasteiger partial charge is 0.104 e. The first-order valence-corrected chi connectivity index (χ1v) is 4.34. The molecule has 0 N–H and O–H groups in total. The van der Waals surface area contributed by atoms with Gasteiger partial charge in [0.25, 0.3) is 0 Å². The Bertz CT molecular complexity index is 120. The molecule has 4 nitrogen and oxygen atoms in total. The molecule has 0 spiro atoms. The number of hydrogen-bond acceptors (Lipinski definition) is 4. The Morgan fingerprint density at radius 3 is 1.62 bits per heavy atom. The summed E-state index contributed by atoms with van der Waals surface area (Å²) in [6.45, 7) is 4.46. The molecule has 2 unspecified atom stereocenters. The molecule has 71 valence electrons. The van der Waals surface area contributed by atoms with E-state index in [1.807, 2.05) is 0 Å². The van der Waals surface area contributed by atoms with Crippen molar-refractivity contribution in [2.45, 2.75) is 12.2 Å². The molecular formula is C8H14KO4. The number of ether oxygens (including phenoxy) is 4. The Labute approximate surface area is 121 Å². The molecule has 0 aromatic rings. The van der Waals surface area contributed by atoms with Gasteiger partial charge in [-0.3, -0.25) is 0 Å². The van der Waals surface area contributed by atoms with Gasteiger partial charge in [-0.15, -0.1) is 0 Å². The Balaban J connectivity index is 0.000000845. The Hall–Kier alpha value is 1.48. The van der Waals surface area contributed by atoms with Crippen LogP contribution in [0.5, 0.6) is 0 Å². The first-order valence-electron chi connectivity index (χ1n) is 4.34. The van der Waals surface area contributed by atoms with Crippen molar-refractivity contribution in [1.29, 1.82) is 0 Å². The zero-order chi connectivity index (χ0) is 8.23. The zero-order valence-electron chi connectivity index (χ0n) is 8.03. The van der Waals surface area contributed by atoms with Crippen molar-refractivity contribution in [3.05, 3.63) is 0 Å². The van der Waals surface area contributed by atoms with Crippen LogP contribution in [-0.4, -0.2) is 103 Å². The molecule has 0 saturated carbocycles. The summed E-state index contributed by atoms with van der Waals surface area (Å²) in [6, 6.07) is 0. The third-order valence-electron chi connectivity index (χ3n) is 1.78. The number of epoxide rings is 2. The third kappa shape index (κ3) is 6.54. The summed E-state index contributed by atoms with van der Waals surface area (Å²) >= 11 is 0. The van der Waals surface area contributed by atoms with Gasteiger partial charge in [0, 0.05) is 51.4 Å². The van der Waals surface area contributed by atoms with Crippen LogP contribution in [0, 0.1) is 0 Å². The second-order valence-electron chi connectivity index (χ2n) is 3.06. The maximum atomic E-state index is 5.27. The fraction of sp³-hybridized carbons (Fsp3) is 1.00. The minimum Gasteiger partial charge on any atom is -0.376 e. The van der Waals surface area contributed by atoms with Gasteiger partial charge in [-0.1, -0.05) is 0 Å². The molecule has 2 fully saturated rings. The molecule has 0 amide bonds. The van der Waals surface area contributed by atoms with E-state index in [0.29, 0.717) is 38.6 Å². The summed E-state index contributed by atoms with van der Waals surface area (Å²) in [6.07, 6.45) is 0.716. The molecule has 13 heavy (non-hydrogen) atoms. The Morgan fingerprint density at radius 1 is 0.923 bits per heavy atom. The number of hydrogen-bond donors (Lipinski definition) is 0. The Morgan fingerprint density at radius 2 is 1.31 bits per heavy atom. The predicted octanol–water partition coefficient (Wildman–Crippen LogP) is -0.564. The quantitative estimate of drug-likeness (QED) is 0.323. The van der Waals surface area contributed by atoms with Crippen molar-refractivity contribution >= 4 is 51.4 Å². The summed E-state index contributed by atoms with van der Waals surface area (Å²) in [5.74, 6) is 0. The summed E-state index contributed by atoms with van der Waals surface area (Å²) in [5.41, 5.74) is 0. The molecule has 0 aromatic carbocycles. The van der Waals surface area contributed by atoms with E-state index < -0.39 is 0 Å². The fourth-order valence-electron chi connectivity index (χ4n) is 0.876. The minimum atomic E-state index is 0. The van der Waals surface area contributed by atoms with Gasteiger partial charge in [-0.2, -0.15) is 0 Å². The molecule has 0 aliphatic carbocycles. The molecule has 2 aliphatic rings. The monoisotopic (exact) mass is 213 g/mol. The molecule has 0 aromatic heterocycles. The van der Waals surface area contributed by atoms with Crippen molar-refractivity contribution < 1.29 is 18.9 Å². The van der Waals surface area contributed by atoms with Crippen LogP contribution in [0.2, 0.25) is 0 Å². The van der Waals surface area contributed by atoms with Crippen LogP contribution >= 0.6 is 0 Å². The van der Waals surface area contributed by atoms with Crippen molar-refractivity contribution in [3.63, 3.8) is 0 Å². The molecule has 5 heteroatoms. The molecule has 2 heterocycles. The van der Waals surface area contributed by atoms with Crippen LogP contribution in [0.1, 0.15) is 0 Å². The van der Waals surface area contributed by atoms with Gasteiger partial charge in [0.15, 0.2) is 0 Å². The van der Waals surface area contributed by atoms with Crippen molar-refractivity contribution in [2.24, 2.45) is 0 Å². The van der Waals surface area contributed by atoms with Crippen molar-refractivity contribution in [1.82, 2.24) is 0 Å². The Kier molecular flexibility index (Phi) is 6.63. The molecule has 0 bridgehead atoms. The van der Waals surface area contributed by atoms with Crippen LogP contribution in [0.4, 0.5) is 0 Å². The average Bonchev–Trinajstić information content (AvgIpc) is 2.89. The van der Waals surface area contributed by atoms with Gasteiger partial charge in [0.1, 0.15) is 12.2 Å². The van der Waals surface area contributed by atoms with E-state index in [1.165, 1.54) is 0 Å². The normalized spacial score (nSPS) is 29.5. The second kappa shape index (κ2) is 6.87. The van der Waals surface area contributed by atoms with Gasteiger partial charge in [0.05, 0.1) is 39.6 Å². The standard InChI is InChI=1S/C8H14O4.K/c1(9-3-7-5-11-7)2-10-4-8-6-12-8;/h7-8H,1-6H2;. The molecule has 1 radical (unpaired) electrons. The van der Waals surface area contributed by atoms with E-state index in [0.717, 1.165) is 13.2 Å². The maximum Gasteiger partial charge on any atom is 0.104 e. The van der Waals surface area contributed by atoms with Gasteiger partial charge in [-0.25, -0.2) is 0 Å². The summed E-state index contributed by atoms with van der Waals surface area (Å²) in [7, 11) is 0. The second-order valence-corrected chi connectivity index (χ2v) is 3.06. The largest absolute Gasteiger partial charge is 0.376 e. The zero-order valence-corrected chi connectivity index (χ0v) is 11.2. The van der Waals surface area contributed by atoms with Crippen molar-refractivity contribution in [3.8, 4) is 0 Å². The summed E-state index contributed by atoms with van der Waals surface area (Å²) in [4.78, 5) is 0. The van der Waals surface area contributed by atoms with Crippen LogP contribution in [-0.2, 0) is 18.9 Å². The topological polar surface area (TPSA) is 43.5 Å². The van der Waals surface area contributed by atoms with E-state index in [9.17, 15) is 0 Å². The number of rotatable bonds is 7. The van der Waals surface area contributed by atoms with E-state index in [2.05, 4.69) is 0 Å². The maximum absolute atomic E-state index is 5.27. The minimum absolute atomic E-state index is 0. The first-order chi connectivity index (χ1) is 5.95. The van der Waals surface area contributed by atoms with Gasteiger partial charge >= 0.3 is 0 Å². The van der Waals surface area contributed by atoms with E-state index in [4.69, 9.17) is 18.9 Å². The first kappa shape index (κ1) is 12.5. The third-order valence-corrected chi connectivity index (χ3v) is 1.78. The average molecular weight is 213 g/mol. The molecule has 2 saturated heterocycles. The van der Waals surface area contributed by atoms with E-state index in [1.54, 1.807) is 0 Å². The predicted molar refractivity (Wildman–Crippen MR) is 46.9 cm³/mol. The summed E-state index contributed by atoms with van der Waals surface area (Å²) in [5, 5.41) is 0. The van der Waals surface area contributed by atoms with Gasteiger partial charge in [0.2, 0.25) is 0 Å². The SMILES string of the molecule is C(COCC1CO1)OCC1CO1.[K]. The van der Waals surface area contributed by atoms with Crippen LogP contribution in [0.25, 0.3) is 0 Å². The molecule has 2 rings (SSSR count). The van der Waals surface area contributed by atoms with Gasteiger partial charge < -0.3 is 18.9 Å². The van der Waals surface area contributed by atoms with Gasteiger partial charge in [-0.05, 0) is 0 Å². The fourth-order valence-corrected chi connectivity index (χ4v) is 0.876.